The molecule has 2 heterocycles. The lowest BCUT2D eigenvalue weighted by Gasteiger charge is -2.15. The van der Waals surface area contributed by atoms with Gasteiger partial charge in [-0.25, -0.2) is 0 Å². The van der Waals surface area contributed by atoms with E-state index in [1.54, 1.807) is 7.11 Å². The molecule has 4 rings (SSSR count). The van der Waals surface area contributed by atoms with Crippen molar-refractivity contribution in [3.63, 3.8) is 0 Å². The van der Waals surface area contributed by atoms with Crippen LogP contribution < -0.4 is 10.1 Å². The number of carbonyl (C=O) groups excluding carboxylic acids is 1. The number of fused-ring (bicyclic) bond motifs is 3. The van der Waals surface area contributed by atoms with Gasteiger partial charge in [0, 0.05) is 17.7 Å². The Hall–Kier alpha value is -3.30. The van der Waals surface area contributed by atoms with Crippen molar-refractivity contribution < 1.29 is 14.3 Å². The second kappa shape index (κ2) is 10.1. The molecule has 3 aromatic rings. The fraction of sp³-hybridized carbons (Fsp3) is 0.385. The standard InChI is InChI=1S/C26H33N5O3Si/c1-6-27-24(32)16-22-26-30-29-17(2)31(26)23-12-11-20(34-3)15-21(23)25(28-22)19-9-7-18(8-10-19)13-14-35(4,5)33/h7-12,15,22,33H,6,13-14,16H2,1-5H3,(H,27,32). The number of hydrogen-bond acceptors (Lipinski definition) is 6. The second-order valence-corrected chi connectivity index (χ2v) is 13.6. The zero-order valence-electron chi connectivity index (χ0n) is 21.0. The highest BCUT2D eigenvalue weighted by Gasteiger charge is 2.30. The fourth-order valence-electron chi connectivity index (χ4n) is 4.29. The van der Waals surface area contributed by atoms with Gasteiger partial charge >= 0.3 is 0 Å². The summed E-state index contributed by atoms with van der Waals surface area (Å²) in [4.78, 5) is 27.9. The van der Waals surface area contributed by atoms with Gasteiger partial charge in [-0.05, 0) is 63.2 Å². The van der Waals surface area contributed by atoms with Crippen LogP contribution in [-0.2, 0) is 11.2 Å². The molecule has 8 nitrogen and oxygen atoms in total. The van der Waals surface area contributed by atoms with Gasteiger partial charge in [-0.1, -0.05) is 24.3 Å². The second-order valence-electron chi connectivity index (χ2n) is 9.48. The molecule has 0 bridgehead atoms. The van der Waals surface area contributed by atoms with E-state index in [4.69, 9.17) is 9.73 Å². The molecule has 1 atom stereocenters. The molecule has 0 radical (unpaired) electrons. The van der Waals surface area contributed by atoms with E-state index < -0.39 is 14.4 Å². The van der Waals surface area contributed by atoms with Crippen molar-refractivity contribution in [2.45, 2.75) is 51.9 Å². The first-order chi connectivity index (χ1) is 16.7. The van der Waals surface area contributed by atoms with E-state index in [9.17, 15) is 9.59 Å². The quantitative estimate of drug-likeness (QED) is 0.468. The number of ether oxygens (including phenoxy) is 1. The Balaban J connectivity index is 1.82. The van der Waals surface area contributed by atoms with Gasteiger partial charge in [0.1, 0.15) is 17.6 Å². The molecule has 2 aromatic carbocycles. The molecule has 1 aliphatic rings. The van der Waals surface area contributed by atoms with Crippen LogP contribution in [0.2, 0.25) is 19.1 Å². The lowest BCUT2D eigenvalue weighted by Crippen LogP contribution is -2.25. The number of methoxy groups -OCH3 is 1. The topological polar surface area (TPSA) is 102 Å². The minimum Gasteiger partial charge on any atom is -0.497 e. The highest BCUT2D eigenvalue weighted by molar-refractivity contribution is 6.69. The summed E-state index contributed by atoms with van der Waals surface area (Å²) < 4.78 is 7.52. The molecule has 1 amide bonds. The van der Waals surface area contributed by atoms with Gasteiger partial charge in [-0.3, -0.25) is 14.4 Å². The summed E-state index contributed by atoms with van der Waals surface area (Å²) in [7, 11) is -0.465. The average molecular weight is 492 g/mol. The Labute approximate surface area is 207 Å². The summed E-state index contributed by atoms with van der Waals surface area (Å²) in [5.74, 6) is 2.01. The number of aliphatic imine (C=N–C) groups is 1. The first kappa shape index (κ1) is 24.8. The average Bonchev–Trinajstić information content (AvgIpc) is 3.15. The summed E-state index contributed by atoms with van der Waals surface area (Å²) >= 11 is 0. The van der Waals surface area contributed by atoms with Crippen LogP contribution >= 0.6 is 0 Å². The van der Waals surface area contributed by atoms with Crippen molar-refractivity contribution in [3.8, 4) is 11.4 Å². The maximum absolute atomic E-state index is 12.6. The first-order valence-electron chi connectivity index (χ1n) is 12.0. The number of hydrogen-bond donors (Lipinski definition) is 2. The monoisotopic (exact) mass is 491 g/mol. The Kier molecular flexibility index (Phi) is 7.18. The molecule has 1 aromatic heterocycles. The van der Waals surface area contributed by atoms with Crippen molar-refractivity contribution in [2.24, 2.45) is 4.99 Å². The third-order valence-corrected chi connectivity index (χ3v) is 7.61. The van der Waals surface area contributed by atoms with E-state index in [0.29, 0.717) is 12.4 Å². The Morgan fingerprint density at radius 3 is 2.57 bits per heavy atom. The molecule has 184 valence electrons. The van der Waals surface area contributed by atoms with Crippen LogP contribution in [0.4, 0.5) is 0 Å². The highest BCUT2D eigenvalue weighted by atomic mass is 28.4. The molecule has 1 unspecified atom stereocenters. The molecule has 0 fully saturated rings. The van der Waals surface area contributed by atoms with Gasteiger partial charge in [0.05, 0.1) is 24.9 Å². The maximum atomic E-state index is 12.6. The van der Waals surface area contributed by atoms with E-state index in [0.717, 1.165) is 46.6 Å². The third kappa shape index (κ3) is 5.52. The maximum Gasteiger partial charge on any atom is 0.222 e. The molecule has 0 saturated heterocycles. The predicted octanol–water partition coefficient (Wildman–Crippen LogP) is 3.74. The number of aryl methyl sites for hydroxylation is 2. The molecule has 35 heavy (non-hydrogen) atoms. The summed E-state index contributed by atoms with van der Waals surface area (Å²) in [6.07, 6.45) is 1.02. The zero-order chi connectivity index (χ0) is 25.2. The van der Waals surface area contributed by atoms with Gasteiger partial charge in [0.2, 0.25) is 5.91 Å². The minimum atomic E-state index is -2.11. The normalized spacial score (nSPS) is 15.0. The number of carbonyl (C=O) groups is 1. The highest BCUT2D eigenvalue weighted by Crippen LogP contribution is 2.34. The molecule has 0 spiro atoms. The van der Waals surface area contributed by atoms with Gasteiger partial charge in [-0.2, -0.15) is 0 Å². The SMILES string of the molecule is CCNC(=O)CC1N=C(c2ccc(CC[Si](C)(C)O)cc2)c2cc(OC)ccc2-n2c(C)nnc21. The smallest absolute Gasteiger partial charge is 0.222 e. The summed E-state index contributed by atoms with van der Waals surface area (Å²) in [5.41, 5.74) is 4.69. The number of benzene rings is 2. The number of nitrogens with zero attached hydrogens (tertiary/aromatic N) is 4. The van der Waals surface area contributed by atoms with Crippen molar-refractivity contribution in [1.82, 2.24) is 20.1 Å². The molecule has 1 aliphatic heterocycles. The van der Waals surface area contributed by atoms with E-state index >= 15 is 0 Å². The Morgan fingerprint density at radius 2 is 1.91 bits per heavy atom. The summed E-state index contributed by atoms with van der Waals surface area (Å²) in [6, 6.07) is 14.5. The van der Waals surface area contributed by atoms with Crippen LogP contribution in [0, 0.1) is 6.92 Å². The van der Waals surface area contributed by atoms with Gasteiger partial charge < -0.3 is 14.8 Å². The van der Waals surface area contributed by atoms with Crippen molar-refractivity contribution in [1.29, 1.82) is 0 Å². The third-order valence-electron chi connectivity index (χ3n) is 6.14. The molecular formula is C26H33N5O3Si. The Bertz CT molecular complexity index is 1240. The number of rotatable bonds is 8. The largest absolute Gasteiger partial charge is 0.497 e. The van der Waals surface area contributed by atoms with Gasteiger partial charge in [-0.15, -0.1) is 10.2 Å². The van der Waals surface area contributed by atoms with Crippen LogP contribution in [0.1, 0.15) is 47.7 Å². The van der Waals surface area contributed by atoms with E-state index in [2.05, 4.69) is 39.8 Å². The lowest BCUT2D eigenvalue weighted by atomic mass is 9.98. The number of amides is 1. The lowest BCUT2D eigenvalue weighted by molar-refractivity contribution is -0.121. The van der Waals surface area contributed by atoms with Crippen LogP contribution in [0.25, 0.3) is 5.69 Å². The van der Waals surface area contributed by atoms with Gasteiger partial charge in [0.15, 0.2) is 14.1 Å². The van der Waals surface area contributed by atoms with Crippen LogP contribution in [-0.4, -0.2) is 53.2 Å². The number of aromatic nitrogens is 3. The molecular weight excluding hydrogens is 458 g/mol. The summed E-state index contributed by atoms with van der Waals surface area (Å²) in [5, 5.41) is 11.6. The molecule has 2 N–H and O–H groups in total. The van der Waals surface area contributed by atoms with E-state index in [-0.39, 0.29) is 12.3 Å². The molecule has 0 aliphatic carbocycles. The van der Waals surface area contributed by atoms with Gasteiger partial charge in [0.25, 0.3) is 0 Å². The minimum absolute atomic E-state index is 0.0810. The zero-order valence-corrected chi connectivity index (χ0v) is 22.0. The van der Waals surface area contributed by atoms with Crippen molar-refractivity contribution in [3.05, 3.63) is 70.8 Å². The molecule has 9 heteroatoms. The van der Waals surface area contributed by atoms with Crippen molar-refractivity contribution in [2.75, 3.05) is 13.7 Å². The van der Waals surface area contributed by atoms with E-state index in [1.807, 2.05) is 49.7 Å². The van der Waals surface area contributed by atoms with Crippen LogP contribution in [0.5, 0.6) is 5.75 Å². The molecule has 0 saturated carbocycles. The van der Waals surface area contributed by atoms with Crippen LogP contribution in [0.3, 0.4) is 0 Å². The van der Waals surface area contributed by atoms with Crippen LogP contribution in [0.15, 0.2) is 47.5 Å². The first-order valence-corrected chi connectivity index (χ1v) is 15.1. The van der Waals surface area contributed by atoms with E-state index in [1.165, 1.54) is 5.56 Å². The number of nitrogens with one attached hydrogen (secondary N) is 1. The van der Waals surface area contributed by atoms with Crippen molar-refractivity contribution >= 4 is 19.9 Å². The Morgan fingerprint density at radius 1 is 1.17 bits per heavy atom. The predicted molar refractivity (Wildman–Crippen MR) is 139 cm³/mol. The summed E-state index contributed by atoms with van der Waals surface area (Å²) in [6.45, 7) is 8.28. The fourth-order valence-corrected chi connectivity index (χ4v) is 5.19.